The summed E-state index contributed by atoms with van der Waals surface area (Å²) in [5.41, 5.74) is 2.45. The second-order valence-electron chi connectivity index (χ2n) is 5.74. The fourth-order valence-electron chi connectivity index (χ4n) is 2.48. The van der Waals surface area contributed by atoms with Gasteiger partial charge in [-0.1, -0.05) is 50.2 Å². The van der Waals surface area contributed by atoms with E-state index in [1.807, 2.05) is 18.3 Å². The van der Waals surface area contributed by atoms with Gasteiger partial charge >= 0.3 is 0 Å². The summed E-state index contributed by atoms with van der Waals surface area (Å²) in [7, 11) is 0. The van der Waals surface area contributed by atoms with Gasteiger partial charge in [0.2, 0.25) is 0 Å². The highest BCUT2D eigenvalue weighted by Crippen LogP contribution is 2.24. The molecule has 0 amide bonds. The minimum Gasteiger partial charge on any atom is -0.302 e. The molecule has 0 aliphatic carbocycles. The van der Waals surface area contributed by atoms with E-state index in [2.05, 4.69) is 67.5 Å². The molecule has 0 fully saturated rings. The second kappa shape index (κ2) is 7.20. The quantitative estimate of drug-likeness (QED) is 0.833. The first-order valence-corrected chi connectivity index (χ1v) is 7.38. The van der Waals surface area contributed by atoms with Crippen LogP contribution < -0.4 is 5.32 Å². The SMILES string of the molecule is CC(C)CC(N[C@H](C)c1ccccn1)c1ccccc1. The van der Waals surface area contributed by atoms with Crippen LogP contribution in [0.2, 0.25) is 0 Å². The Morgan fingerprint density at radius 1 is 0.950 bits per heavy atom. The van der Waals surface area contributed by atoms with Gasteiger partial charge in [-0.25, -0.2) is 0 Å². The lowest BCUT2D eigenvalue weighted by atomic mass is 9.96. The summed E-state index contributed by atoms with van der Waals surface area (Å²) >= 11 is 0. The lowest BCUT2D eigenvalue weighted by molar-refractivity contribution is 0.391. The van der Waals surface area contributed by atoms with E-state index in [-0.39, 0.29) is 6.04 Å². The largest absolute Gasteiger partial charge is 0.302 e. The molecule has 1 unspecified atom stereocenters. The van der Waals surface area contributed by atoms with Crippen molar-refractivity contribution in [3.05, 3.63) is 66.0 Å². The molecule has 1 aromatic heterocycles. The maximum atomic E-state index is 4.44. The zero-order valence-corrected chi connectivity index (χ0v) is 12.6. The predicted molar refractivity (Wildman–Crippen MR) is 84.4 cm³/mol. The summed E-state index contributed by atoms with van der Waals surface area (Å²) in [6.07, 6.45) is 2.98. The Balaban J connectivity index is 2.12. The van der Waals surface area contributed by atoms with Crippen LogP contribution in [-0.4, -0.2) is 4.98 Å². The highest BCUT2D eigenvalue weighted by Gasteiger charge is 2.17. The molecule has 2 atom stereocenters. The molecule has 0 spiro atoms. The zero-order valence-electron chi connectivity index (χ0n) is 12.6. The van der Waals surface area contributed by atoms with E-state index in [4.69, 9.17) is 0 Å². The summed E-state index contributed by atoms with van der Waals surface area (Å²) in [5, 5.41) is 3.72. The number of aromatic nitrogens is 1. The van der Waals surface area contributed by atoms with Crippen molar-refractivity contribution in [1.29, 1.82) is 0 Å². The van der Waals surface area contributed by atoms with E-state index < -0.39 is 0 Å². The first kappa shape index (κ1) is 14.7. The first-order valence-electron chi connectivity index (χ1n) is 7.38. The molecule has 0 radical (unpaired) electrons. The molecular formula is C18H24N2. The molecule has 2 aromatic rings. The molecule has 1 N–H and O–H groups in total. The van der Waals surface area contributed by atoms with Gasteiger partial charge in [0.1, 0.15) is 0 Å². The average molecular weight is 268 g/mol. The molecule has 0 bridgehead atoms. The Kier molecular flexibility index (Phi) is 5.31. The molecule has 20 heavy (non-hydrogen) atoms. The number of rotatable bonds is 6. The summed E-state index contributed by atoms with van der Waals surface area (Å²) in [6, 6.07) is 17.4. The fourth-order valence-corrected chi connectivity index (χ4v) is 2.48. The molecule has 0 aliphatic heterocycles. The Hall–Kier alpha value is -1.67. The van der Waals surface area contributed by atoms with Crippen molar-refractivity contribution in [2.24, 2.45) is 5.92 Å². The fraction of sp³-hybridized carbons (Fsp3) is 0.389. The molecule has 1 aromatic carbocycles. The Morgan fingerprint density at radius 2 is 1.65 bits per heavy atom. The van der Waals surface area contributed by atoms with Gasteiger partial charge in [0.05, 0.1) is 5.69 Å². The van der Waals surface area contributed by atoms with Gasteiger partial charge in [0, 0.05) is 18.3 Å². The van der Waals surface area contributed by atoms with Gasteiger partial charge in [0.15, 0.2) is 0 Å². The van der Waals surface area contributed by atoms with Crippen LogP contribution in [0.3, 0.4) is 0 Å². The molecule has 1 heterocycles. The number of pyridine rings is 1. The van der Waals surface area contributed by atoms with Gasteiger partial charge in [-0.05, 0) is 37.0 Å². The smallest absolute Gasteiger partial charge is 0.0570 e. The highest BCUT2D eigenvalue weighted by atomic mass is 15.0. The van der Waals surface area contributed by atoms with Crippen molar-refractivity contribution in [2.75, 3.05) is 0 Å². The Bertz CT molecular complexity index is 493. The van der Waals surface area contributed by atoms with Crippen molar-refractivity contribution in [3.63, 3.8) is 0 Å². The minimum atomic E-state index is 0.250. The summed E-state index contributed by atoms with van der Waals surface area (Å²) in [6.45, 7) is 6.71. The minimum absolute atomic E-state index is 0.250. The van der Waals surface area contributed by atoms with Crippen molar-refractivity contribution in [3.8, 4) is 0 Å². The van der Waals surface area contributed by atoms with Gasteiger partial charge in [-0.15, -0.1) is 0 Å². The Labute approximate surface area is 122 Å². The van der Waals surface area contributed by atoms with Gasteiger partial charge < -0.3 is 5.32 Å². The summed E-state index contributed by atoms with van der Waals surface area (Å²) in [5.74, 6) is 0.656. The molecule has 2 heteroatoms. The van der Waals surface area contributed by atoms with Crippen molar-refractivity contribution >= 4 is 0 Å². The number of hydrogen-bond acceptors (Lipinski definition) is 2. The lowest BCUT2D eigenvalue weighted by Gasteiger charge is -2.25. The second-order valence-corrected chi connectivity index (χ2v) is 5.74. The van der Waals surface area contributed by atoms with Crippen LogP contribution in [-0.2, 0) is 0 Å². The monoisotopic (exact) mass is 268 g/mol. The maximum Gasteiger partial charge on any atom is 0.0570 e. The average Bonchev–Trinajstić information content (AvgIpc) is 2.48. The summed E-state index contributed by atoms with van der Waals surface area (Å²) < 4.78 is 0. The first-order chi connectivity index (χ1) is 9.66. The zero-order chi connectivity index (χ0) is 14.4. The molecule has 2 rings (SSSR count). The molecule has 0 aliphatic rings. The van der Waals surface area contributed by atoms with E-state index >= 15 is 0 Å². The molecule has 2 nitrogen and oxygen atoms in total. The van der Waals surface area contributed by atoms with E-state index in [9.17, 15) is 0 Å². The van der Waals surface area contributed by atoms with Crippen LogP contribution in [0.5, 0.6) is 0 Å². The van der Waals surface area contributed by atoms with E-state index in [0.29, 0.717) is 12.0 Å². The molecule has 0 saturated heterocycles. The third-order valence-electron chi connectivity index (χ3n) is 3.49. The topological polar surface area (TPSA) is 24.9 Å². The number of nitrogens with one attached hydrogen (secondary N) is 1. The third kappa shape index (κ3) is 4.17. The highest BCUT2D eigenvalue weighted by molar-refractivity contribution is 5.20. The van der Waals surface area contributed by atoms with Crippen molar-refractivity contribution in [1.82, 2.24) is 10.3 Å². The van der Waals surface area contributed by atoms with Crippen LogP contribution in [0.1, 0.15) is 50.5 Å². The van der Waals surface area contributed by atoms with Crippen LogP contribution in [0.15, 0.2) is 54.7 Å². The number of benzene rings is 1. The van der Waals surface area contributed by atoms with E-state index in [1.54, 1.807) is 0 Å². The molecule has 106 valence electrons. The van der Waals surface area contributed by atoms with Gasteiger partial charge in [-0.2, -0.15) is 0 Å². The normalized spacial score (nSPS) is 14.2. The molecule has 0 saturated carbocycles. The van der Waals surface area contributed by atoms with Crippen LogP contribution in [0, 0.1) is 5.92 Å². The van der Waals surface area contributed by atoms with Crippen LogP contribution in [0.25, 0.3) is 0 Å². The summed E-state index contributed by atoms with van der Waals surface area (Å²) in [4.78, 5) is 4.44. The third-order valence-corrected chi connectivity index (χ3v) is 3.49. The lowest BCUT2D eigenvalue weighted by Crippen LogP contribution is -2.26. The van der Waals surface area contributed by atoms with Crippen LogP contribution >= 0.6 is 0 Å². The molecular weight excluding hydrogens is 244 g/mol. The van der Waals surface area contributed by atoms with E-state index in [1.165, 1.54) is 5.56 Å². The van der Waals surface area contributed by atoms with Gasteiger partial charge in [-0.3, -0.25) is 4.98 Å². The maximum absolute atomic E-state index is 4.44. The van der Waals surface area contributed by atoms with E-state index in [0.717, 1.165) is 12.1 Å². The number of hydrogen-bond donors (Lipinski definition) is 1. The van der Waals surface area contributed by atoms with Crippen molar-refractivity contribution < 1.29 is 0 Å². The van der Waals surface area contributed by atoms with Gasteiger partial charge in [0.25, 0.3) is 0 Å². The van der Waals surface area contributed by atoms with Crippen LogP contribution in [0.4, 0.5) is 0 Å². The predicted octanol–water partition coefficient (Wildman–Crippen LogP) is 4.52. The number of nitrogens with zero attached hydrogens (tertiary/aromatic N) is 1. The Morgan fingerprint density at radius 3 is 2.25 bits per heavy atom. The van der Waals surface area contributed by atoms with Crippen molar-refractivity contribution in [2.45, 2.75) is 39.3 Å². The standard InChI is InChI=1S/C18H24N2/c1-14(2)13-18(16-9-5-4-6-10-16)20-15(3)17-11-7-8-12-19-17/h4-12,14-15,18,20H,13H2,1-3H3/t15-,18?/m1/s1.